The van der Waals surface area contributed by atoms with E-state index in [4.69, 9.17) is 0 Å². The molecule has 1 saturated heterocycles. The zero-order valence-corrected chi connectivity index (χ0v) is 12.6. The zero-order valence-electron chi connectivity index (χ0n) is 11.8. The van der Waals surface area contributed by atoms with Gasteiger partial charge in [0.15, 0.2) is 0 Å². The van der Waals surface area contributed by atoms with Crippen molar-refractivity contribution in [3.8, 4) is 0 Å². The highest BCUT2D eigenvalue weighted by Gasteiger charge is 2.25. The van der Waals surface area contributed by atoms with E-state index in [-0.39, 0.29) is 10.5 Å². The molecule has 1 aromatic rings. The molecule has 1 unspecified atom stereocenters. The van der Waals surface area contributed by atoms with Crippen LogP contribution in [0.3, 0.4) is 0 Å². The van der Waals surface area contributed by atoms with Crippen LogP contribution in [0.5, 0.6) is 0 Å². The van der Waals surface area contributed by atoms with Crippen LogP contribution >= 0.6 is 0 Å². The summed E-state index contributed by atoms with van der Waals surface area (Å²) in [6.45, 7) is 6.67. The van der Waals surface area contributed by atoms with E-state index in [9.17, 15) is 13.2 Å². The number of H-pyrrole nitrogens is 1. The Kier molecular flexibility index (Phi) is 4.62. The van der Waals surface area contributed by atoms with Crippen LogP contribution < -0.4 is 10.3 Å². The minimum atomic E-state index is -3.54. The van der Waals surface area contributed by atoms with E-state index in [1.807, 2.05) is 0 Å². The molecule has 1 aliphatic rings. The number of rotatable bonds is 5. The second kappa shape index (κ2) is 6.07. The Hall–Kier alpha value is -1.18. The molecule has 2 rings (SSSR count). The molecule has 0 saturated carbocycles. The standard InChI is InChI=1S/C13H21N3O3S/c1-10(2)16-6-5-11(9-16)7-15-20(18,19)12-3-4-13(17)14-8-12/h3-4,8,10-11,15H,5-7,9H2,1-2H3,(H,14,17). The van der Waals surface area contributed by atoms with E-state index in [0.29, 0.717) is 18.5 Å². The van der Waals surface area contributed by atoms with Gasteiger partial charge in [0.1, 0.15) is 0 Å². The van der Waals surface area contributed by atoms with Crippen LogP contribution in [0.25, 0.3) is 0 Å². The van der Waals surface area contributed by atoms with Crippen LogP contribution in [0.4, 0.5) is 0 Å². The molecule has 20 heavy (non-hydrogen) atoms. The number of hydrogen-bond donors (Lipinski definition) is 2. The Morgan fingerprint density at radius 3 is 2.75 bits per heavy atom. The predicted molar refractivity (Wildman–Crippen MR) is 77.1 cm³/mol. The van der Waals surface area contributed by atoms with Crippen molar-refractivity contribution in [3.63, 3.8) is 0 Å². The molecule has 0 amide bonds. The van der Waals surface area contributed by atoms with E-state index in [1.54, 1.807) is 0 Å². The minimum absolute atomic E-state index is 0.0933. The van der Waals surface area contributed by atoms with E-state index >= 15 is 0 Å². The highest BCUT2D eigenvalue weighted by atomic mass is 32.2. The summed E-state index contributed by atoms with van der Waals surface area (Å²) in [7, 11) is -3.54. The summed E-state index contributed by atoms with van der Waals surface area (Å²) in [5, 5.41) is 0. The van der Waals surface area contributed by atoms with Gasteiger partial charge in [0, 0.05) is 31.4 Å². The van der Waals surface area contributed by atoms with E-state index in [0.717, 1.165) is 19.5 Å². The van der Waals surface area contributed by atoms with Gasteiger partial charge in [-0.3, -0.25) is 4.79 Å². The molecule has 1 fully saturated rings. The molecule has 0 spiro atoms. The van der Waals surface area contributed by atoms with Crippen LogP contribution in [-0.2, 0) is 10.0 Å². The lowest BCUT2D eigenvalue weighted by molar-refractivity contribution is 0.265. The summed E-state index contributed by atoms with van der Waals surface area (Å²) in [5.74, 6) is 0.343. The smallest absolute Gasteiger partial charge is 0.247 e. The maximum atomic E-state index is 12.1. The fourth-order valence-corrected chi connectivity index (χ4v) is 3.46. The number of hydrogen-bond acceptors (Lipinski definition) is 4. The van der Waals surface area contributed by atoms with Crippen molar-refractivity contribution in [2.24, 2.45) is 5.92 Å². The highest BCUT2D eigenvalue weighted by molar-refractivity contribution is 7.89. The summed E-state index contributed by atoms with van der Waals surface area (Å²) < 4.78 is 26.8. The zero-order chi connectivity index (χ0) is 14.8. The van der Waals surface area contributed by atoms with Gasteiger partial charge >= 0.3 is 0 Å². The topological polar surface area (TPSA) is 82.3 Å². The summed E-state index contributed by atoms with van der Waals surface area (Å²) in [4.78, 5) is 15.8. The average Bonchev–Trinajstić information content (AvgIpc) is 2.86. The number of nitrogens with one attached hydrogen (secondary N) is 2. The Labute approximate surface area is 119 Å². The fourth-order valence-electron chi connectivity index (χ4n) is 2.37. The van der Waals surface area contributed by atoms with Crippen molar-refractivity contribution in [1.82, 2.24) is 14.6 Å². The predicted octanol–water partition coefficient (Wildman–Crippen LogP) is 0.384. The number of sulfonamides is 1. The van der Waals surface area contributed by atoms with Gasteiger partial charge in [-0.2, -0.15) is 0 Å². The lowest BCUT2D eigenvalue weighted by Gasteiger charge is -2.20. The third-order valence-corrected chi connectivity index (χ3v) is 5.10. The van der Waals surface area contributed by atoms with Crippen LogP contribution in [0.2, 0.25) is 0 Å². The molecule has 0 aliphatic carbocycles. The van der Waals surface area contributed by atoms with Crippen LogP contribution in [-0.4, -0.2) is 44.0 Å². The minimum Gasteiger partial charge on any atom is -0.328 e. The lowest BCUT2D eigenvalue weighted by Crippen LogP contribution is -2.33. The van der Waals surface area contributed by atoms with Crippen molar-refractivity contribution in [2.75, 3.05) is 19.6 Å². The maximum Gasteiger partial charge on any atom is 0.247 e. The molecule has 0 bridgehead atoms. The van der Waals surface area contributed by atoms with Gasteiger partial charge in [-0.1, -0.05) is 0 Å². The molecule has 7 heteroatoms. The van der Waals surface area contributed by atoms with Crippen LogP contribution in [0.15, 0.2) is 28.0 Å². The third kappa shape index (κ3) is 3.68. The SMILES string of the molecule is CC(C)N1CCC(CNS(=O)(=O)c2ccc(=O)[nH]c2)C1. The van der Waals surface area contributed by atoms with Crippen molar-refractivity contribution >= 4 is 10.0 Å². The van der Waals surface area contributed by atoms with Crippen LogP contribution in [0, 0.1) is 5.92 Å². The largest absolute Gasteiger partial charge is 0.328 e. The van der Waals surface area contributed by atoms with Gasteiger partial charge in [-0.25, -0.2) is 13.1 Å². The molecule has 2 N–H and O–H groups in total. The first kappa shape index (κ1) is 15.2. The van der Waals surface area contributed by atoms with Gasteiger partial charge in [0.2, 0.25) is 15.6 Å². The first-order valence-electron chi connectivity index (χ1n) is 6.81. The summed E-state index contributed by atoms with van der Waals surface area (Å²) in [5.41, 5.74) is -0.313. The lowest BCUT2D eigenvalue weighted by atomic mass is 10.1. The molecule has 1 atom stereocenters. The quantitative estimate of drug-likeness (QED) is 0.823. The highest BCUT2D eigenvalue weighted by Crippen LogP contribution is 2.18. The number of pyridine rings is 1. The van der Waals surface area contributed by atoms with Gasteiger partial charge < -0.3 is 9.88 Å². The maximum absolute atomic E-state index is 12.1. The molecule has 1 aromatic heterocycles. The van der Waals surface area contributed by atoms with Gasteiger partial charge in [-0.15, -0.1) is 0 Å². The first-order valence-corrected chi connectivity index (χ1v) is 8.29. The number of nitrogens with zero attached hydrogens (tertiary/aromatic N) is 1. The van der Waals surface area contributed by atoms with Crippen molar-refractivity contribution in [3.05, 3.63) is 28.7 Å². The van der Waals surface area contributed by atoms with Crippen molar-refractivity contribution in [1.29, 1.82) is 0 Å². The van der Waals surface area contributed by atoms with E-state index in [2.05, 4.69) is 28.5 Å². The Morgan fingerprint density at radius 2 is 2.20 bits per heavy atom. The van der Waals surface area contributed by atoms with Gasteiger partial charge in [0.25, 0.3) is 0 Å². The molecule has 112 valence electrons. The molecule has 2 heterocycles. The number of aromatic nitrogens is 1. The molecule has 6 nitrogen and oxygen atoms in total. The molecule has 0 radical (unpaired) electrons. The van der Waals surface area contributed by atoms with Crippen molar-refractivity contribution in [2.45, 2.75) is 31.2 Å². The first-order chi connectivity index (χ1) is 9.38. The summed E-state index contributed by atoms with van der Waals surface area (Å²) in [6, 6.07) is 3.02. The van der Waals surface area contributed by atoms with E-state index < -0.39 is 10.0 Å². The monoisotopic (exact) mass is 299 g/mol. The van der Waals surface area contributed by atoms with Gasteiger partial charge in [-0.05, 0) is 38.8 Å². The normalized spacial score (nSPS) is 20.6. The van der Waals surface area contributed by atoms with Crippen molar-refractivity contribution < 1.29 is 8.42 Å². The second-order valence-corrected chi connectivity index (χ2v) is 7.25. The summed E-state index contributed by atoms with van der Waals surface area (Å²) in [6.07, 6.45) is 2.23. The molecular weight excluding hydrogens is 278 g/mol. The molecular formula is C13H21N3O3S. The Bertz CT molecular complexity index is 589. The molecule has 1 aliphatic heterocycles. The molecule has 0 aromatic carbocycles. The third-order valence-electron chi connectivity index (χ3n) is 3.68. The van der Waals surface area contributed by atoms with Crippen LogP contribution in [0.1, 0.15) is 20.3 Å². The van der Waals surface area contributed by atoms with E-state index in [1.165, 1.54) is 18.3 Å². The Morgan fingerprint density at radius 1 is 1.45 bits per heavy atom. The number of likely N-dealkylation sites (tertiary alicyclic amines) is 1. The fraction of sp³-hybridized carbons (Fsp3) is 0.615. The number of aromatic amines is 1. The second-order valence-electron chi connectivity index (χ2n) is 5.48. The van der Waals surface area contributed by atoms with Gasteiger partial charge in [0.05, 0.1) is 4.90 Å². The summed E-state index contributed by atoms with van der Waals surface area (Å²) >= 11 is 0. The Balaban J connectivity index is 1.93. The average molecular weight is 299 g/mol.